The largest absolute Gasteiger partial charge is 0.385 e. The number of anilines is 1. The minimum absolute atomic E-state index is 0.0922. The summed E-state index contributed by atoms with van der Waals surface area (Å²) in [6, 6.07) is 1.94. The maximum atomic E-state index is 12.3. The van der Waals surface area contributed by atoms with Gasteiger partial charge in [0, 0.05) is 64.1 Å². The molecule has 1 atom stereocenters. The lowest BCUT2D eigenvalue weighted by atomic mass is 10.2. The standard InChI is InChI=1S/C19H33N5O2/c1-14(2)18-21-15(3)13-17(22-18)24-10-8-23(9-11-24)16(4)19(25)20-7-6-12-26-5/h13-14,16H,6-12H2,1-5H3,(H,20,25). The summed E-state index contributed by atoms with van der Waals surface area (Å²) < 4.78 is 5.01. The molecule has 1 aromatic rings. The Morgan fingerprint density at radius 2 is 1.92 bits per heavy atom. The predicted molar refractivity (Wildman–Crippen MR) is 104 cm³/mol. The van der Waals surface area contributed by atoms with Crippen molar-refractivity contribution in [2.24, 2.45) is 0 Å². The molecular formula is C19H33N5O2. The van der Waals surface area contributed by atoms with E-state index in [0.717, 1.165) is 49.9 Å². The lowest BCUT2D eigenvalue weighted by Crippen LogP contribution is -2.54. The average Bonchev–Trinajstić information content (AvgIpc) is 2.64. The van der Waals surface area contributed by atoms with Crippen LogP contribution in [0.15, 0.2) is 6.07 Å². The number of methoxy groups -OCH3 is 1. The highest BCUT2D eigenvalue weighted by atomic mass is 16.5. The molecule has 0 radical (unpaired) electrons. The smallest absolute Gasteiger partial charge is 0.237 e. The van der Waals surface area contributed by atoms with Gasteiger partial charge < -0.3 is 15.0 Å². The maximum absolute atomic E-state index is 12.3. The van der Waals surface area contributed by atoms with E-state index in [9.17, 15) is 4.79 Å². The second-order valence-corrected chi connectivity index (χ2v) is 7.22. The van der Waals surface area contributed by atoms with Gasteiger partial charge in [0.25, 0.3) is 0 Å². The van der Waals surface area contributed by atoms with Gasteiger partial charge >= 0.3 is 0 Å². The SMILES string of the molecule is COCCCNC(=O)C(C)N1CCN(c2cc(C)nc(C(C)C)n2)CC1. The fraction of sp³-hybridized carbons (Fsp3) is 0.737. The lowest BCUT2D eigenvalue weighted by molar-refractivity contribution is -0.126. The Morgan fingerprint density at radius 3 is 2.54 bits per heavy atom. The predicted octanol–water partition coefficient (Wildman–Crippen LogP) is 1.57. The molecule has 2 heterocycles. The molecule has 0 saturated carbocycles. The summed E-state index contributed by atoms with van der Waals surface area (Å²) in [6.45, 7) is 13.0. The molecule has 7 nitrogen and oxygen atoms in total. The van der Waals surface area contributed by atoms with E-state index in [4.69, 9.17) is 9.72 Å². The fourth-order valence-corrected chi connectivity index (χ4v) is 3.07. The summed E-state index contributed by atoms with van der Waals surface area (Å²) in [5.41, 5.74) is 1.00. The van der Waals surface area contributed by atoms with E-state index in [1.165, 1.54) is 0 Å². The normalized spacial score (nSPS) is 16.8. The van der Waals surface area contributed by atoms with Crippen molar-refractivity contribution in [3.63, 3.8) is 0 Å². The van der Waals surface area contributed by atoms with Crippen LogP contribution in [0, 0.1) is 6.92 Å². The van der Waals surface area contributed by atoms with Gasteiger partial charge in [0.15, 0.2) is 0 Å². The first kappa shape index (κ1) is 20.6. The molecule has 1 aromatic heterocycles. The van der Waals surface area contributed by atoms with Crippen molar-refractivity contribution in [3.05, 3.63) is 17.6 Å². The number of nitrogens with zero attached hydrogens (tertiary/aromatic N) is 4. The quantitative estimate of drug-likeness (QED) is 0.707. The van der Waals surface area contributed by atoms with Gasteiger partial charge in [-0.2, -0.15) is 0 Å². The van der Waals surface area contributed by atoms with Crippen LogP contribution < -0.4 is 10.2 Å². The Morgan fingerprint density at radius 1 is 1.23 bits per heavy atom. The van der Waals surface area contributed by atoms with E-state index >= 15 is 0 Å². The van der Waals surface area contributed by atoms with Gasteiger partial charge in [-0.1, -0.05) is 13.8 Å². The van der Waals surface area contributed by atoms with E-state index in [0.29, 0.717) is 19.1 Å². The highest BCUT2D eigenvalue weighted by molar-refractivity contribution is 5.81. The van der Waals surface area contributed by atoms with Gasteiger partial charge in [0.2, 0.25) is 5.91 Å². The zero-order valence-corrected chi connectivity index (χ0v) is 16.8. The number of carbonyl (C=O) groups excluding carboxylic acids is 1. The van der Waals surface area contributed by atoms with Gasteiger partial charge in [-0.15, -0.1) is 0 Å². The number of aryl methyl sites for hydroxylation is 1. The summed E-state index contributed by atoms with van der Waals surface area (Å²) in [5, 5.41) is 2.99. The third-order valence-corrected chi connectivity index (χ3v) is 4.76. The van der Waals surface area contributed by atoms with Crippen LogP contribution in [0.5, 0.6) is 0 Å². The van der Waals surface area contributed by atoms with Gasteiger partial charge in [-0.3, -0.25) is 9.69 Å². The van der Waals surface area contributed by atoms with Crippen LogP contribution in [0.25, 0.3) is 0 Å². The Hall–Kier alpha value is -1.73. The third kappa shape index (κ3) is 5.64. The number of amides is 1. The van der Waals surface area contributed by atoms with E-state index in [1.54, 1.807) is 7.11 Å². The molecule has 7 heteroatoms. The summed E-state index contributed by atoms with van der Waals surface area (Å²) in [7, 11) is 1.67. The van der Waals surface area contributed by atoms with Crippen LogP contribution >= 0.6 is 0 Å². The molecule has 26 heavy (non-hydrogen) atoms. The fourth-order valence-electron chi connectivity index (χ4n) is 3.07. The molecule has 2 rings (SSSR count). The van der Waals surface area contributed by atoms with Crippen LogP contribution in [0.2, 0.25) is 0 Å². The number of rotatable bonds is 8. The first-order chi connectivity index (χ1) is 12.4. The van der Waals surface area contributed by atoms with E-state index < -0.39 is 0 Å². The van der Waals surface area contributed by atoms with Crippen LogP contribution in [0.1, 0.15) is 44.6 Å². The summed E-state index contributed by atoms with van der Waals surface area (Å²) >= 11 is 0. The third-order valence-electron chi connectivity index (χ3n) is 4.76. The highest BCUT2D eigenvalue weighted by Gasteiger charge is 2.26. The molecule has 1 saturated heterocycles. The summed E-state index contributed by atoms with van der Waals surface area (Å²) in [4.78, 5) is 26.1. The van der Waals surface area contributed by atoms with E-state index in [-0.39, 0.29) is 11.9 Å². The molecule has 0 aliphatic carbocycles. The lowest BCUT2D eigenvalue weighted by Gasteiger charge is -2.38. The molecule has 1 amide bonds. The van der Waals surface area contributed by atoms with Crippen LogP contribution in [-0.2, 0) is 9.53 Å². The number of carbonyl (C=O) groups is 1. The van der Waals surface area contributed by atoms with Crippen molar-refractivity contribution in [3.8, 4) is 0 Å². The molecule has 1 unspecified atom stereocenters. The molecule has 1 fully saturated rings. The summed E-state index contributed by atoms with van der Waals surface area (Å²) in [5.74, 6) is 2.30. The Kier molecular flexibility index (Phi) is 7.78. The number of hydrogen-bond donors (Lipinski definition) is 1. The minimum Gasteiger partial charge on any atom is -0.385 e. The Bertz CT molecular complexity index is 585. The first-order valence-electron chi connectivity index (χ1n) is 9.53. The first-order valence-corrected chi connectivity index (χ1v) is 9.53. The molecule has 0 aromatic carbocycles. The number of ether oxygens (including phenoxy) is 1. The zero-order valence-electron chi connectivity index (χ0n) is 16.8. The zero-order chi connectivity index (χ0) is 19.1. The van der Waals surface area contributed by atoms with Crippen LogP contribution in [0.3, 0.4) is 0 Å². The number of piperazine rings is 1. The molecule has 0 spiro atoms. The van der Waals surface area contributed by atoms with Crippen molar-refractivity contribution in [1.29, 1.82) is 0 Å². The van der Waals surface area contributed by atoms with E-state index in [2.05, 4.69) is 33.9 Å². The number of aromatic nitrogens is 2. The molecule has 146 valence electrons. The van der Waals surface area contributed by atoms with E-state index in [1.807, 2.05) is 19.9 Å². The topological polar surface area (TPSA) is 70.6 Å². The average molecular weight is 364 g/mol. The van der Waals surface area contributed by atoms with Crippen molar-refractivity contribution >= 4 is 11.7 Å². The van der Waals surface area contributed by atoms with Gasteiger partial charge in [0.1, 0.15) is 11.6 Å². The number of hydrogen-bond acceptors (Lipinski definition) is 6. The Labute approximate surface area is 157 Å². The maximum Gasteiger partial charge on any atom is 0.237 e. The molecular weight excluding hydrogens is 330 g/mol. The second-order valence-electron chi connectivity index (χ2n) is 7.22. The van der Waals surface area contributed by atoms with Gasteiger partial charge in [-0.25, -0.2) is 9.97 Å². The van der Waals surface area contributed by atoms with Crippen molar-refractivity contribution in [2.45, 2.75) is 46.1 Å². The van der Waals surface area contributed by atoms with Gasteiger partial charge in [-0.05, 0) is 20.3 Å². The van der Waals surface area contributed by atoms with Gasteiger partial charge in [0.05, 0.1) is 6.04 Å². The van der Waals surface area contributed by atoms with Crippen molar-refractivity contribution in [2.75, 3.05) is 51.3 Å². The summed E-state index contributed by atoms with van der Waals surface area (Å²) in [6.07, 6.45) is 0.841. The molecule has 1 aliphatic heterocycles. The van der Waals surface area contributed by atoms with Crippen LogP contribution in [-0.4, -0.2) is 73.3 Å². The monoisotopic (exact) mass is 363 g/mol. The number of nitrogens with one attached hydrogen (secondary N) is 1. The van der Waals surface area contributed by atoms with Crippen molar-refractivity contribution in [1.82, 2.24) is 20.2 Å². The van der Waals surface area contributed by atoms with Crippen LogP contribution in [0.4, 0.5) is 5.82 Å². The molecule has 1 N–H and O–H groups in total. The Balaban J connectivity index is 1.87. The second kappa shape index (κ2) is 9.83. The van der Waals surface area contributed by atoms with Crippen molar-refractivity contribution < 1.29 is 9.53 Å². The molecule has 1 aliphatic rings. The minimum atomic E-state index is -0.113. The molecule has 0 bridgehead atoms. The highest BCUT2D eigenvalue weighted by Crippen LogP contribution is 2.19.